The highest BCUT2D eigenvalue weighted by Gasteiger charge is 2.09. The average molecular weight is 241 g/mol. The number of nitrogens with one attached hydrogen (secondary N) is 2. The van der Waals surface area contributed by atoms with Gasteiger partial charge in [-0.15, -0.1) is 0 Å². The summed E-state index contributed by atoms with van der Waals surface area (Å²) in [7, 11) is -3.25. The molecule has 0 spiro atoms. The number of hydrogen-bond acceptors (Lipinski definition) is 3. The zero-order chi connectivity index (χ0) is 12.2. The van der Waals surface area contributed by atoms with Gasteiger partial charge in [0.05, 0.1) is 5.75 Å². The van der Waals surface area contributed by atoms with Gasteiger partial charge < -0.3 is 5.73 Å². The average Bonchev–Trinajstić information content (AvgIpc) is 2.17. The molecule has 88 valence electrons. The van der Waals surface area contributed by atoms with Crippen molar-refractivity contribution in [2.24, 2.45) is 5.73 Å². The van der Waals surface area contributed by atoms with Crippen LogP contribution in [0.5, 0.6) is 0 Å². The van der Waals surface area contributed by atoms with Crippen LogP contribution in [0.4, 0.5) is 0 Å². The smallest absolute Gasteiger partial charge is 0.215 e. The molecule has 0 aliphatic heterocycles. The molecule has 6 heteroatoms. The predicted molar refractivity (Wildman–Crippen MR) is 63.8 cm³/mol. The van der Waals surface area contributed by atoms with Crippen LogP contribution in [0.2, 0.25) is 0 Å². The van der Waals surface area contributed by atoms with Gasteiger partial charge >= 0.3 is 0 Å². The van der Waals surface area contributed by atoms with Gasteiger partial charge in [0.1, 0.15) is 5.84 Å². The van der Waals surface area contributed by atoms with Crippen LogP contribution in [-0.4, -0.2) is 20.8 Å². The molecular formula is C10H15N3O2S. The van der Waals surface area contributed by atoms with E-state index in [2.05, 4.69) is 4.72 Å². The van der Waals surface area contributed by atoms with E-state index in [0.717, 1.165) is 0 Å². The third kappa shape index (κ3) is 3.63. The summed E-state index contributed by atoms with van der Waals surface area (Å²) in [6, 6.07) is 6.59. The van der Waals surface area contributed by atoms with Crippen molar-refractivity contribution in [1.29, 1.82) is 5.41 Å². The zero-order valence-corrected chi connectivity index (χ0v) is 9.84. The lowest BCUT2D eigenvalue weighted by molar-refractivity contribution is 0.583. The standard InChI is InChI=1S/C10H15N3O2S/c1-2-13-16(14,15)7-8-3-5-9(6-4-8)10(11)12/h3-6,13H,2,7H2,1H3,(H3,11,12). The van der Waals surface area contributed by atoms with Gasteiger partial charge in [0.25, 0.3) is 0 Å². The van der Waals surface area contributed by atoms with Crippen LogP contribution in [0, 0.1) is 5.41 Å². The molecular weight excluding hydrogens is 226 g/mol. The lowest BCUT2D eigenvalue weighted by atomic mass is 10.1. The number of nitrogen functional groups attached to an aromatic ring is 1. The third-order valence-electron chi connectivity index (χ3n) is 1.99. The number of hydrogen-bond donors (Lipinski definition) is 3. The Bertz CT molecular complexity index is 465. The van der Waals surface area contributed by atoms with E-state index >= 15 is 0 Å². The van der Waals surface area contributed by atoms with Crippen molar-refractivity contribution in [3.8, 4) is 0 Å². The molecule has 0 amide bonds. The normalized spacial score (nSPS) is 11.3. The van der Waals surface area contributed by atoms with Crippen LogP contribution in [0.25, 0.3) is 0 Å². The van der Waals surface area contributed by atoms with Crippen molar-refractivity contribution in [3.63, 3.8) is 0 Å². The Balaban J connectivity index is 2.80. The maximum Gasteiger partial charge on any atom is 0.215 e. The minimum absolute atomic E-state index is 0.0268. The lowest BCUT2D eigenvalue weighted by Crippen LogP contribution is -2.24. The second-order valence-electron chi connectivity index (χ2n) is 3.37. The molecule has 16 heavy (non-hydrogen) atoms. The molecule has 0 aliphatic carbocycles. The molecule has 1 aromatic rings. The van der Waals surface area contributed by atoms with Crippen LogP contribution in [0.3, 0.4) is 0 Å². The van der Waals surface area contributed by atoms with Crippen molar-refractivity contribution in [2.75, 3.05) is 6.54 Å². The summed E-state index contributed by atoms with van der Waals surface area (Å²) in [5, 5.41) is 7.20. The SMILES string of the molecule is CCNS(=O)(=O)Cc1ccc(C(=N)N)cc1. The summed E-state index contributed by atoms with van der Waals surface area (Å²) in [4.78, 5) is 0. The molecule has 0 fully saturated rings. The first-order valence-corrected chi connectivity index (χ1v) is 6.50. The van der Waals surface area contributed by atoms with Crippen molar-refractivity contribution in [1.82, 2.24) is 4.72 Å². The highest BCUT2D eigenvalue weighted by Crippen LogP contribution is 2.07. The maximum absolute atomic E-state index is 11.4. The Hall–Kier alpha value is -1.40. The van der Waals surface area contributed by atoms with Gasteiger partial charge in [-0.05, 0) is 5.56 Å². The fourth-order valence-electron chi connectivity index (χ4n) is 1.27. The molecule has 1 aromatic carbocycles. The minimum Gasteiger partial charge on any atom is -0.384 e. The van der Waals surface area contributed by atoms with E-state index in [4.69, 9.17) is 11.1 Å². The first-order chi connectivity index (χ1) is 7.44. The summed E-state index contributed by atoms with van der Waals surface area (Å²) in [5.74, 6) is -0.0833. The molecule has 0 aromatic heterocycles. The van der Waals surface area contributed by atoms with E-state index in [1.807, 2.05) is 0 Å². The highest BCUT2D eigenvalue weighted by atomic mass is 32.2. The Morgan fingerprint density at radius 1 is 1.38 bits per heavy atom. The van der Waals surface area contributed by atoms with Crippen molar-refractivity contribution in [3.05, 3.63) is 35.4 Å². The summed E-state index contributed by atoms with van der Waals surface area (Å²) >= 11 is 0. The summed E-state index contributed by atoms with van der Waals surface area (Å²) < 4.78 is 25.3. The number of benzene rings is 1. The molecule has 0 heterocycles. The maximum atomic E-state index is 11.4. The van der Waals surface area contributed by atoms with Crippen molar-refractivity contribution < 1.29 is 8.42 Å². The fourth-order valence-corrected chi connectivity index (χ4v) is 2.44. The minimum atomic E-state index is -3.25. The highest BCUT2D eigenvalue weighted by molar-refractivity contribution is 7.88. The zero-order valence-electron chi connectivity index (χ0n) is 9.03. The van der Waals surface area contributed by atoms with Gasteiger partial charge in [-0.25, -0.2) is 13.1 Å². The Morgan fingerprint density at radius 3 is 2.38 bits per heavy atom. The number of rotatable bonds is 5. The van der Waals surface area contributed by atoms with Gasteiger partial charge in [0.2, 0.25) is 10.0 Å². The van der Waals surface area contributed by atoms with Gasteiger partial charge in [-0.2, -0.15) is 0 Å². The summed E-state index contributed by atoms with van der Waals surface area (Å²) in [5.41, 5.74) is 6.55. The van der Waals surface area contributed by atoms with E-state index in [1.54, 1.807) is 31.2 Å². The van der Waals surface area contributed by atoms with Crippen molar-refractivity contribution in [2.45, 2.75) is 12.7 Å². The van der Waals surface area contributed by atoms with Gasteiger partial charge in [0.15, 0.2) is 0 Å². The molecule has 0 saturated carbocycles. The summed E-state index contributed by atoms with van der Waals surface area (Å²) in [6.07, 6.45) is 0. The van der Waals surface area contributed by atoms with Crippen LogP contribution in [0.1, 0.15) is 18.1 Å². The van der Waals surface area contributed by atoms with Crippen LogP contribution >= 0.6 is 0 Å². The second-order valence-corrected chi connectivity index (χ2v) is 5.17. The van der Waals surface area contributed by atoms with Gasteiger partial charge in [0, 0.05) is 12.1 Å². The molecule has 0 radical (unpaired) electrons. The topological polar surface area (TPSA) is 96.0 Å². The van der Waals surface area contributed by atoms with Gasteiger partial charge in [-0.3, -0.25) is 5.41 Å². The Morgan fingerprint density at radius 2 is 1.94 bits per heavy atom. The van der Waals surface area contributed by atoms with E-state index in [0.29, 0.717) is 17.7 Å². The molecule has 0 unspecified atom stereocenters. The van der Waals surface area contributed by atoms with Crippen LogP contribution < -0.4 is 10.5 Å². The van der Waals surface area contributed by atoms with E-state index in [1.165, 1.54) is 0 Å². The lowest BCUT2D eigenvalue weighted by Gasteiger charge is -2.05. The molecule has 0 atom stereocenters. The van der Waals surface area contributed by atoms with Gasteiger partial charge in [-0.1, -0.05) is 31.2 Å². The quantitative estimate of drug-likeness (QED) is 0.514. The largest absolute Gasteiger partial charge is 0.384 e. The predicted octanol–water partition coefficient (Wildman–Crippen LogP) is 0.410. The molecule has 0 bridgehead atoms. The monoisotopic (exact) mass is 241 g/mol. The van der Waals surface area contributed by atoms with E-state index < -0.39 is 10.0 Å². The molecule has 4 N–H and O–H groups in total. The molecule has 0 aliphatic rings. The summed E-state index contributed by atoms with van der Waals surface area (Å²) in [6.45, 7) is 2.12. The molecule has 0 saturated heterocycles. The second kappa shape index (κ2) is 5.09. The Kier molecular flexibility index (Phi) is 4.03. The molecule has 5 nitrogen and oxygen atoms in total. The number of amidine groups is 1. The Labute approximate surface area is 95.2 Å². The number of sulfonamides is 1. The van der Waals surface area contributed by atoms with E-state index in [9.17, 15) is 8.42 Å². The van der Waals surface area contributed by atoms with Crippen LogP contribution in [-0.2, 0) is 15.8 Å². The molecule has 1 rings (SSSR count). The fraction of sp³-hybridized carbons (Fsp3) is 0.300. The third-order valence-corrected chi connectivity index (χ3v) is 3.43. The first kappa shape index (κ1) is 12.7. The van der Waals surface area contributed by atoms with Crippen LogP contribution in [0.15, 0.2) is 24.3 Å². The first-order valence-electron chi connectivity index (χ1n) is 4.85. The van der Waals surface area contributed by atoms with Crippen molar-refractivity contribution >= 4 is 15.9 Å². The number of nitrogens with two attached hydrogens (primary N) is 1. The van der Waals surface area contributed by atoms with E-state index in [-0.39, 0.29) is 11.6 Å².